The molecule has 0 unspecified atom stereocenters. The predicted molar refractivity (Wildman–Crippen MR) is 320 cm³/mol. The molecule has 8 aromatic carbocycles. The lowest BCUT2D eigenvalue weighted by atomic mass is 9.77. The number of nitrogens with one attached hydrogen (secondary N) is 2. The number of rotatable bonds is 26. The first kappa shape index (κ1) is 57.7. The van der Waals surface area contributed by atoms with E-state index >= 15 is 0 Å². The standard InChI is InChI=1S/C71H64N2O10/c1-5-40-80-68-60(64(75)42-48-32-36-51(37-33-48)69(78)81-41-6-2)39-38-52(67(68)83-47(3)4)44-63(74)50-34-30-49(31-35-50)43-65(76)62(72-70(79)82-46-61-58-28-18-16-26-56(58)57-27-17-19-29-59(57)61)45-66(77)73-71(53-20-10-7-11-21-53,54-22-12-8-13-23-54)55-24-14-9-15-25-55/h5-39,47,61-62H,1-2,40-46H2,3-4H3,(H,72,79)(H,73,77)/t62-/m0/s1. The molecular formula is C71H64N2O10. The van der Waals surface area contributed by atoms with Crippen LogP contribution in [0.5, 0.6) is 11.5 Å². The lowest BCUT2D eigenvalue weighted by molar-refractivity contribution is -0.127. The van der Waals surface area contributed by atoms with Crippen molar-refractivity contribution in [1.29, 1.82) is 0 Å². The van der Waals surface area contributed by atoms with Gasteiger partial charge in [-0.2, -0.15) is 0 Å². The monoisotopic (exact) mass is 1100 g/mol. The molecule has 83 heavy (non-hydrogen) atoms. The van der Waals surface area contributed by atoms with Crippen molar-refractivity contribution in [3.05, 3.63) is 287 Å². The van der Waals surface area contributed by atoms with Gasteiger partial charge in [0.25, 0.3) is 0 Å². The SMILES string of the molecule is C=CCOC(=O)c1ccc(CC(=O)c2ccc(CC(=O)c3ccc(CC(=O)[C@H](CC(=O)NC(c4ccccc4)(c4ccccc4)c4ccccc4)NC(=O)OCC4c5ccccc5-c5ccccc54)cc3)c(OC(C)C)c2OCC=C)cc1. The Morgan fingerprint density at radius 2 is 1.06 bits per heavy atom. The molecular weight excluding hydrogens is 1040 g/mol. The lowest BCUT2D eigenvalue weighted by Crippen LogP contribution is -2.51. The Labute approximate surface area is 483 Å². The van der Waals surface area contributed by atoms with E-state index in [0.717, 1.165) is 38.9 Å². The molecule has 0 bridgehead atoms. The molecule has 0 spiro atoms. The topological polar surface area (TPSA) is 163 Å². The van der Waals surface area contributed by atoms with E-state index in [1.807, 2.05) is 153 Å². The van der Waals surface area contributed by atoms with E-state index in [1.165, 1.54) is 6.08 Å². The maximum atomic E-state index is 14.8. The molecule has 0 saturated carbocycles. The number of ether oxygens (including phenoxy) is 4. The van der Waals surface area contributed by atoms with Gasteiger partial charge in [-0.05, 0) is 82.1 Å². The average Bonchev–Trinajstić information content (AvgIpc) is 3.41. The number of alkyl carbamates (subject to hydrolysis) is 1. The number of hydrogen-bond donors (Lipinski definition) is 2. The van der Waals surface area contributed by atoms with Gasteiger partial charge >= 0.3 is 12.1 Å². The van der Waals surface area contributed by atoms with E-state index in [9.17, 15) is 28.8 Å². The van der Waals surface area contributed by atoms with Crippen LogP contribution < -0.4 is 20.1 Å². The zero-order valence-corrected chi connectivity index (χ0v) is 46.4. The maximum Gasteiger partial charge on any atom is 0.407 e. The highest BCUT2D eigenvalue weighted by atomic mass is 16.6. The molecule has 1 aliphatic carbocycles. The molecule has 0 fully saturated rings. The number of carbonyl (C=O) groups is 6. The van der Waals surface area contributed by atoms with Crippen LogP contribution in [0.2, 0.25) is 0 Å². The molecule has 8 aromatic rings. The van der Waals surface area contributed by atoms with Crippen molar-refractivity contribution in [2.75, 3.05) is 19.8 Å². The summed E-state index contributed by atoms with van der Waals surface area (Å²) in [7, 11) is 0. The van der Waals surface area contributed by atoms with Crippen molar-refractivity contribution in [1.82, 2.24) is 10.6 Å². The third kappa shape index (κ3) is 13.6. The Kier molecular flexibility index (Phi) is 18.8. The molecule has 2 N–H and O–H groups in total. The van der Waals surface area contributed by atoms with Gasteiger partial charge in [0.15, 0.2) is 28.8 Å². The van der Waals surface area contributed by atoms with Crippen LogP contribution in [0, 0.1) is 0 Å². The minimum Gasteiger partial charge on any atom is -0.487 e. The summed E-state index contributed by atoms with van der Waals surface area (Å²) in [6, 6.07) is 59.9. The van der Waals surface area contributed by atoms with Gasteiger partial charge in [-0.3, -0.25) is 19.2 Å². The average molecular weight is 1110 g/mol. The largest absolute Gasteiger partial charge is 0.487 e. The summed E-state index contributed by atoms with van der Waals surface area (Å²) in [4.78, 5) is 84.0. The summed E-state index contributed by atoms with van der Waals surface area (Å²) >= 11 is 0. The zero-order chi connectivity index (χ0) is 58.3. The summed E-state index contributed by atoms with van der Waals surface area (Å²) in [5.41, 5.74) is 7.92. The van der Waals surface area contributed by atoms with Crippen LogP contribution in [-0.2, 0) is 43.9 Å². The van der Waals surface area contributed by atoms with Gasteiger partial charge in [-0.25, -0.2) is 9.59 Å². The fourth-order valence-corrected chi connectivity index (χ4v) is 10.5. The van der Waals surface area contributed by atoms with E-state index in [-0.39, 0.29) is 79.7 Å². The number of fused-ring (bicyclic) bond motifs is 3. The highest BCUT2D eigenvalue weighted by molar-refractivity contribution is 6.02. The molecule has 1 atom stereocenters. The fourth-order valence-electron chi connectivity index (χ4n) is 10.5. The molecule has 2 amide bonds. The highest BCUT2D eigenvalue weighted by Gasteiger charge is 2.39. The second-order valence-electron chi connectivity index (χ2n) is 20.4. The Hall–Kier alpha value is -9.94. The maximum absolute atomic E-state index is 14.8. The molecule has 418 valence electrons. The summed E-state index contributed by atoms with van der Waals surface area (Å²) in [5.74, 6) is -1.86. The van der Waals surface area contributed by atoms with Crippen LogP contribution in [0.15, 0.2) is 226 Å². The molecule has 0 heterocycles. The van der Waals surface area contributed by atoms with E-state index < -0.39 is 41.8 Å². The second kappa shape index (κ2) is 27.0. The molecule has 12 nitrogen and oxygen atoms in total. The third-order valence-electron chi connectivity index (χ3n) is 14.4. The Morgan fingerprint density at radius 3 is 1.60 bits per heavy atom. The first-order valence-electron chi connectivity index (χ1n) is 27.6. The van der Waals surface area contributed by atoms with Crippen molar-refractivity contribution in [3.63, 3.8) is 0 Å². The highest BCUT2D eigenvalue weighted by Crippen LogP contribution is 2.45. The van der Waals surface area contributed by atoms with Crippen molar-refractivity contribution in [2.45, 2.75) is 63.1 Å². The first-order chi connectivity index (χ1) is 40.4. The quantitative estimate of drug-likeness (QED) is 0.0231. The Bertz CT molecular complexity index is 3490. The summed E-state index contributed by atoms with van der Waals surface area (Å²) in [5, 5.41) is 6.10. The Morgan fingerprint density at radius 1 is 0.542 bits per heavy atom. The van der Waals surface area contributed by atoms with Crippen LogP contribution in [0.25, 0.3) is 11.1 Å². The number of ketones is 3. The molecule has 12 heteroatoms. The number of hydrogen-bond acceptors (Lipinski definition) is 10. The predicted octanol–water partition coefficient (Wildman–Crippen LogP) is 12.7. The summed E-state index contributed by atoms with van der Waals surface area (Å²) in [6.45, 7) is 11.1. The van der Waals surface area contributed by atoms with E-state index in [0.29, 0.717) is 27.8 Å². The van der Waals surface area contributed by atoms with Crippen LogP contribution >= 0.6 is 0 Å². The normalized spacial score (nSPS) is 12.0. The van der Waals surface area contributed by atoms with Gasteiger partial charge in [0, 0.05) is 36.3 Å². The van der Waals surface area contributed by atoms with E-state index in [4.69, 9.17) is 18.9 Å². The molecule has 0 radical (unpaired) electrons. The van der Waals surface area contributed by atoms with Crippen molar-refractivity contribution in [2.24, 2.45) is 0 Å². The molecule has 0 aliphatic heterocycles. The fraction of sp³-hybridized carbons (Fsp3) is 0.183. The van der Waals surface area contributed by atoms with Gasteiger partial charge in [-0.15, -0.1) is 0 Å². The van der Waals surface area contributed by atoms with Crippen LogP contribution in [0.4, 0.5) is 4.79 Å². The Balaban J connectivity index is 0.948. The minimum absolute atomic E-state index is 0.00794. The van der Waals surface area contributed by atoms with Crippen LogP contribution in [0.1, 0.15) is 102 Å². The number of Topliss-reactive ketones (excluding diaryl/α,β-unsaturated/α-hetero) is 3. The summed E-state index contributed by atoms with van der Waals surface area (Å²) < 4.78 is 23.5. The van der Waals surface area contributed by atoms with Crippen LogP contribution in [0.3, 0.4) is 0 Å². The number of amides is 2. The number of esters is 1. The number of carbonyl (C=O) groups excluding carboxylic acids is 6. The second-order valence-corrected chi connectivity index (χ2v) is 20.4. The molecule has 0 aromatic heterocycles. The molecule has 9 rings (SSSR count). The van der Waals surface area contributed by atoms with Crippen molar-refractivity contribution in [3.8, 4) is 22.6 Å². The lowest BCUT2D eigenvalue weighted by Gasteiger charge is -2.37. The van der Waals surface area contributed by atoms with Gasteiger partial charge < -0.3 is 29.6 Å². The van der Waals surface area contributed by atoms with Gasteiger partial charge in [0.1, 0.15) is 25.4 Å². The minimum atomic E-state index is -1.34. The van der Waals surface area contributed by atoms with Crippen molar-refractivity contribution >= 4 is 35.3 Å². The molecule has 1 aliphatic rings. The summed E-state index contributed by atoms with van der Waals surface area (Å²) in [6.07, 6.45) is 1.04. The third-order valence-corrected chi connectivity index (χ3v) is 14.4. The van der Waals surface area contributed by atoms with E-state index in [2.05, 4.69) is 23.8 Å². The van der Waals surface area contributed by atoms with Gasteiger partial charge in [0.2, 0.25) is 5.91 Å². The smallest absolute Gasteiger partial charge is 0.407 e. The van der Waals surface area contributed by atoms with Gasteiger partial charge in [-0.1, -0.05) is 207 Å². The van der Waals surface area contributed by atoms with Crippen LogP contribution in [-0.4, -0.2) is 67.3 Å². The van der Waals surface area contributed by atoms with Crippen molar-refractivity contribution < 1.29 is 47.7 Å². The zero-order valence-electron chi connectivity index (χ0n) is 46.4. The number of benzene rings is 8. The first-order valence-corrected chi connectivity index (χ1v) is 27.6. The van der Waals surface area contributed by atoms with Gasteiger partial charge in [0.05, 0.1) is 29.7 Å². The van der Waals surface area contributed by atoms with E-state index in [1.54, 1.807) is 66.7 Å². The molecule has 0 saturated heterocycles.